The SMILES string of the molecule is CCc1c(C)nc(C)nc1N1CCNCC1. The van der Waals surface area contributed by atoms with E-state index in [4.69, 9.17) is 0 Å². The first-order chi connectivity index (χ1) is 7.72. The second kappa shape index (κ2) is 4.78. The van der Waals surface area contributed by atoms with Gasteiger partial charge in [0.1, 0.15) is 11.6 Å². The molecule has 1 fully saturated rings. The third-order valence-electron chi connectivity index (χ3n) is 3.07. The number of aryl methyl sites for hydroxylation is 2. The van der Waals surface area contributed by atoms with Crippen molar-refractivity contribution in [2.24, 2.45) is 0 Å². The van der Waals surface area contributed by atoms with Crippen LogP contribution >= 0.6 is 0 Å². The van der Waals surface area contributed by atoms with E-state index in [0.29, 0.717) is 0 Å². The van der Waals surface area contributed by atoms with Gasteiger partial charge in [0.2, 0.25) is 0 Å². The normalized spacial score (nSPS) is 16.6. The second-order valence-corrected chi connectivity index (χ2v) is 4.25. The summed E-state index contributed by atoms with van der Waals surface area (Å²) in [6.45, 7) is 10.4. The fourth-order valence-corrected chi connectivity index (χ4v) is 2.27. The van der Waals surface area contributed by atoms with E-state index in [9.17, 15) is 0 Å². The molecule has 0 aromatic carbocycles. The average Bonchev–Trinajstić information content (AvgIpc) is 2.29. The molecule has 0 bridgehead atoms. The van der Waals surface area contributed by atoms with Gasteiger partial charge in [0.05, 0.1) is 0 Å². The molecule has 0 spiro atoms. The standard InChI is InChI=1S/C12H20N4/c1-4-11-9(2)14-10(3)15-12(11)16-7-5-13-6-8-16/h13H,4-8H2,1-3H3. The Bertz CT molecular complexity index is 370. The van der Waals surface area contributed by atoms with E-state index in [0.717, 1.165) is 49.9 Å². The van der Waals surface area contributed by atoms with Gasteiger partial charge in [-0.25, -0.2) is 9.97 Å². The van der Waals surface area contributed by atoms with Crippen LogP contribution in [0.15, 0.2) is 0 Å². The number of hydrogen-bond donors (Lipinski definition) is 1. The molecule has 0 saturated carbocycles. The van der Waals surface area contributed by atoms with Crippen molar-refractivity contribution in [1.82, 2.24) is 15.3 Å². The molecule has 1 aliphatic rings. The Morgan fingerprint density at radius 3 is 2.50 bits per heavy atom. The van der Waals surface area contributed by atoms with Gasteiger partial charge >= 0.3 is 0 Å². The molecule has 0 unspecified atom stereocenters. The van der Waals surface area contributed by atoms with Crippen LogP contribution in [-0.2, 0) is 6.42 Å². The summed E-state index contributed by atoms with van der Waals surface area (Å²) in [4.78, 5) is 11.4. The van der Waals surface area contributed by atoms with E-state index in [-0.39, 0.29) is 0 Å². The Morgan fingerprint density at radius 2 is 1.88 bits per heavy atom. The zero-order chi connectivity index (χ0) is 11.5. The number of nitrogens with one attached hydrogen (secondary N) is 1. The highest BCUT2D eigenvalue weighted by atomic mass is 15.2. The maximum atomic E-state index is 4.62. The number of nitrogens with zero attached hydrogens (tertiary/aromatic N) is 3. The molecular weight excluding hydrogens is 200 g/mol. The summed E-state index contributed by atoms with van der Waals surface area (Å²) in [5.41, 5.74) is 2.43. The monoisotopic (exact) mass is 220 g/mol. The molecule has 2 heterocycles. The van der Waals surface area contributed by atoms with Crippen LogP contribution in [0.25, 0.3) is 0 Å². The molecule has 4 heteroatoms. The highest BCUT2D eigenvalue weighted by Crippen LogP contribution is 2.21. The largest absolute Gasteiger partial charge is 0.354 e. The van der Waals surface area contributed by atoms with Crippen molar-refractivity contribution >= 4 is 5.82 Å². The number of aromatic nitrogens is 2. The topological polar surface area (TPSA) is 41.1 Å². The quantitative estimate of drug-likeness (QED) is 0.809. The lowest BCUT2D eigenvalue weighted by Gasteiger charge is -2.30. The van der Waals surface area contributed by atoms with Crippen LogP contribution in [0, 0.1) is 13.8 Å². The first kappa shape index (κ1) is 11.3. The summed E-state index contributed by atoms with van der Waals surface area (Å²) in [5, 5.41) is 3.37. The Hall–Kier alpha value is -1.16. The van der Waals surface area contributed by atoms with Crippen LogP contribution in [0.4, 0.5) is 5.82 Å². The van der Waals surface area contributed by atoms with Crippen molar-refractivity contribution in [3.05, 3.63) is 17.1 Å². The fraction of sp³-hybridized carbons (Fsp3) is 0.667. The lowest BCUT2D eigenvalue weighted by Crippen LogP contribution is -2.44. The van der Waals surface area contributed by atoms with Crippen molar-refractivity contribution in [2.45, 2.75) is 27.2 Å². The van der Waals surface area contributed by atoms with Gasteiger partial charge in [0.25, 0.3) is 0 Å². The smallest absolute Gasteiger partial charge is 0.135 e. The van der Waals surface area contributed by atoms with Crippen LogP contribution in [-0.4, -0.2) is 36.1 Å². The molecule has 1 aliphatic heterocycles. The summed E-state index contributed by atoms with van der Waals surface area (Å²) in [6, 6.07) is 0. The summed E-state index contributed by atoms with van der Waals surface area (Å²) in [6.07, 6.45) is 1.01. The third-order valence-corrected chi connectivity index (χ3v) is 3.07. The van der Waals surface area contributed by atoms with Crippen LogP contribution < -0.4 is 10.2 Å². The van der Waals surface area contributed by atoms with Crippen molar-refractivity contribution in [3.63, 3.8) is 0 Å². The number of piperazine rings is 1. The second-order valence-electron chi connectivity index (χ2n) is 4.25. The predicted molar refractivity (Wildman–Crippen MR) is 66.0 cm³/mol. The molecule has 1 aromatic rings. The number of hydrogen-bond acceptors (Lipinski definition) is 4. The molecule has 0 atom stereocenters. The zero-order valence-electron chi connectivity index (χ0n) is 10.4. The molecular formula is C12H20N4. The molecule has 0 amide bonds. The van der Waals surface area contributed by atoms with E-state index in [1.165, 1.54) is 5.56 Å². The minimum Gasteiger partial charge on any atom is -0.354 e. The molecule has 1 aromatic heterocycles. The van der Waals surface area contributed by atoms with E-state index in [1.807, 2.05) is 6.92 Å². The van der Waals surface area contributed by atoms with Gasteiger partial charge in [-0.1, -0.05) is 6.92 Å². The van der Waals surface area contributed by atoms with Crippen LogP contribution in [0.2, 0.25) is 0 Å². The lowest BCUT2D eigenvalue weighted by atomic mass is 10.1. The fourth-order valence-electron chi connectivity index (χ4n) is 2.27. The minimum absolute atomic E-state index is 0.878. The van der Waals surface area contributed by atoms with Crippen LogP contribution in [0.1, 0.15) is 24.0 Å². The van der Waals surface area contributed by atoms with Gasteiger partial charge in [-0.2, -0.15) is 0 Å². The molecule has 2 rings (SSSR count). The van der Waals surface area contributed by atoms with Crippen LogP contribution in [0.3, 0.4) is 0 Å². The first-order valence-corrected chi connectivity index (χ1v) is 6.02. The molecule has 1 saturated heterocycles. The Kier molecular flexibility index (Phi) is 3.39. The van der Waals surface area contributed by atoms with E-state index in [1.54, 1.807) is 0 Å². The Balaban J connectivity index is 2.36. The number of rotatable bonds is 2. The van der Waals surface area contributed by atoms with Gasteiger partial charge in [-0.3, -0.25) is 0 Å². The van der Waals surface area contributed by atoms with Gasteiger partial charge < -0.3 is 10.2 Å². The van der Waals surface area contributed by atoms with Gasteiger partial charge in [0, 0.05) is 37.4 Å². The van der Waals surface area contributed by atoms with Crippen molar-refractivity contribution in [1.29, 1.82) is 0 Å². The molecule has 0 radical (unpaired) electrons. The summed E-state index contributed by atoms with van der Waals surface area (Å²) >= 11 is 0. The molecule has 16 heavy (non-hydrogen) atoms. The highest BCUT2D eigenvalue weighted by Gasteiger charge is 2.17. The van der Waals surface area contributed by atoms with Crippen molar-refractivity contribution < 1.29 is 0 Å². The van der Waals surface area contributed by atoms with Gasteiger partial charge in [0.15, 0.2) is 0 Å². The lowest BCUT2D eigenvalue weighted by molar-refractivity contribution is 0.581. The summed E-state index contributed by atoms with van der Waals surface area (Å²) in [7, 11) is 0. The van der Waals surface area contributed by atoms with Gasteiger partial charge in [-0.05, 0) is 20.3 Å². The highest BCUT2D eigenvalue weighted by molar-refractivity contribution is 5.49. The van der Waals surface area contributed by atoms with Crippen molar-refractivity contribution in [2.75, 3.05) is 31.1 Å². The van der Waals surface area contributed by atoms with Gasteiger partial charge in [-0.15, -0.1) is 0 Å². The molecule has 0 aliphatic carbocycles. The summed E-state index contributed by atoms with van der Waals surface area (Å²) < 4.78 is 0. The molecule has 1 N–H and O–H groups in total. The van der Waals surface area contributed by atoms with E-state index in [2.05, 4.69) is 34.0 Å². The Labute approximate surface area is 97.1 Å². The predicted octanol–water partition coefficient (Wildman–Crippen LogP) is 1.07. The minimum atomic E-state index is 0.878. The average molecular weight is 220 g/mol. The van der Waals surface area contributed by atoms with Crippen LogP contribution in [0.5, 0.6) is 0 Å². The zero-order valence-corrected chi connectivity index (χ0v) is 10.4. The third kappa shape index (κ3) is 2.16. The summed E-state index contributed by atoms with van der Waals surface area (Å²) in [5.74, 6) is 2.03. The Morgan fingerprint density at radius 1 is 1.19 bits per heavy atom. The molecule has 88 valence electrons. The van der Waals surface area contributed by atoms with E-state index < -0.39 is 0 Å². The van der Waals surface area contributed by atoms with Crippen molar-refractivity contribution in [3.8, 4) is 0 Å². The number of anilines is 1. The van der Waals surface area contributed by atoms with E-state index >= 15 is 0 Å². The molecule has 4 nitrogen and oxygen atoms in total. The first-order valence-electron chi connectivity index (χ1n) is 6.02. The maximum absolute atomic E-state index is 4.62. The maximum Gasteiger partial charge on any atom is 0.135 e.